The molecule has 1 aromatic carbocycles. The van der Waals surface area contributed by atoms with Crippen LogP contribution in [-0.2, 0) is 25.5 Å². The summed E-state index contributed by atoms with van der Waals surface area (Å²) in [5, 5.41) is 0.652. The molecule has 0 amide bonds. The van der Waals surface area contributed by atoms with Gasteiger partial charge in [-0.3, -0.25) is 9.59 Å². The number of ether oxygens (including phenoxy) is 2. The van der Waals surface area contributed by atoms with Gasteiger partial charge in [0, 0.05) is 37.5 Å². The Labute approximate surface area is 158 Å². The van der Waals surface area contributed by atoms with Gasteiger partial charge in [-0.25, -0.2) is 0 Å². The molecular weight excluding hydrogens is 354 g/mol. The molecule has 26 heavy (non-hydrogen) atoms. The minimum absolute atomic E-state index is 0.146. The van der Waals surface area contributed by atoms with Gasteiger partial charge in [0.2, 0.25) is 0 Å². The molecule has 0 aromatic heterocycles. The molecular formula is C20H24ClNO4. The highest BCUT2D eigenvalue weighted by Crippen LogP contribution is 2.52. The van der Waals surface area contributed by atoms with E-state index in [9.17, 15) is 9.59 Å². The van der Waals surface area contributed by atoms with Crippen LogP contribution >= 0.6 is 11.6 Å². The Morgan fingerprint density at radius 3 is 2.46 bits per heavy atom. The summed E-state index contributed by atoms with van der Waals surface area (Å²) in [5.74, 6) is -1.58. The number of cyclic esters (lactones) is 2. The number of nitrogens with zero attached hydrogens (tertiary/aromatic N) is 1. The van der Waals surface area contributed by atoms with Crippen molar-refractivity contribution >= 4 is 29.2 Å². The van der Waals surface area contributed by atoms with E-state index >= 15 is 0 Å². The summed E-state index contributed by atoms with van der Waals surface area (Å²) < 4.78 is 11.1. The smallest absolute Gasteiger partial charge is 0.329 e. The molecule has 0 N–H and O–H groups in total. The molecule has 140 valence electrons. The van der Waals surface area contributed by atoms with E-state index in [4.69, 9.17) is 21.1 Å². The molecule has 6 heteroatoms. The number of halogens is 1. The van der Waals surface area contributed by atoms with Gasteiger partial charge < -0.3 is 14.4 Å². The number of esters is 2. The lowest BCUT2D eigenvalue weighted by atomic mass is 9.63. The second-order valence-electron chi connectivity index (χ2n) is 8.52. The first-order valence-electron chi connectivity index (χ1n) is 9.16. The summed E-state index contributed by atoms with van der Waals surface area (Å²) >= 11 is 6.24. The van der Waals surface area contributed by atoms with Crippen molar-refractivity contribution in [2.24, 2.45) is 17.3 Å². The van der Waals surface area contributed by atoms with E-state index < -0.39 is 23.1 Å². The molecule has 0 radical (unpaired) electrons. The van der Waals surface area contributed by atoms with E-state index in [0.717, 1.165) is 24.2 Å². The Morgan fingerprint density at radius 2 is 1.81 bits per heavy atom. The van der Waals surface area contributed by atoms with E-state index in [1.807, 2.05) is 12.1 Å². The molecule has 1 aromatic rings. The van der Waals surface area contributed by atoms with Crippen molar-refractivity contribution in [1.29, 1.82) is 0 Å². The molecule has 0 aliphatic carbocycles. The largest absolute Gasteiger partial charge is 0.422 e. The number of fused-ring (bicyclic) bond motifs is 4. The van der Waals surface area contributed by atoms with Crippen LogP contribution in [0.2, 0.25) is 5.02 Å². The van der Waals surface area contributed by atoms with Crippen LogP contribution in [0, 0.1) is 17.3 Å². The maximum Gasteiger partial charge on any atom is 0.329 e. The van der Waals surface area contributed by atoms with E-state index in [1.165, 1.54) is 0 Å². The molecule has 0 bridgehead atoms. The van der Waals surface area contributed by atoms with Crippen molar-refractivity contribution in [1.82, 2.24) is 0 Å². The third-order valence-corrected chi connectivity index (χ3v) is 6.13. The van der Waals surface area contributed by atoms with Gasteiger partial charge in [0.05, 0.1) is 6.04 Å². The van der Waals surface area contributed by atoms with Crippen LogP contribution in [0.25, 0.3) is 0 Å². The highest BCUT2D eigenvalue weighted by molar-refractivity contribution is 6.30. The maximum absolute atomic E-state index is 13.2. The fourth-order valence-corrected chi connectivity index (χ4v) is 5.24. The topological polar surface area (TPSA) is 55.8 Å². The van der Waals surface area contributed by atoms with Crippen molar-refractivity contribution in [2.75, 3.05) is 11.4 Å². The number of hydrogen-bond acceptors (Lipinski definition) is 5. The molecule has 3 aliphatic heterocycles. The molecule has 2 fully saturated rings. The Bertz CT molecular complexity index is 770. The highest BCUT2D eigenvalue weighted by atomic mass is 35.5. The third kappa shape index (κ3) is 2.43. The van der Waals surface area contributed by atoms with Gasteiger partial charge in [-0.05, 0) is 36.0 Å². The van der Waals surface area contributed by atoms with Crippen LogP contribution in [0.5, 0.6) is 0 Å². The number of piperidine rings is 1. The fourth-order valence-electron chi connectivity index (χ4n) is 5.07. The second-order valence-corrected chi connectivity index (χ2v) is 8.95. The van der Waals surface area contributed by atoms with E-state index in [-0.39, 0.29) is 18.4 Å². The Hall–Kier alpha value is -1.75. The number of benzene rings is 1. The van der Waals surface area contributed by atoms with Gasteiger partial charge >= 0.3 is 11.9 Å². The molecule has 3 atom stereocenters. The SMILES string of the molecule is C[C@@H]1C[C@H](C)[C@@H]2N(C1)c1cc(Cl)ccc1CC21C(=O)OC(C)(C)OC1=O. The Kier molecular flexibility index (Phi) is 3.82. The predicted octanol–water partition coefficient (Wildman–Crippen LogP) is 3.57. The molecule has 0 saturated carbocycles. The molecule has 3 heterocycles. The standard InChI is InChI=1S/C20H24ClNO4/c1-11-7-12(2)16-20(17(23)25-19(3,4)26-18(20)24)9-13-5-6-14(21)8-15(13)22(16)10-11/h5-6,8,11-12,16H,7,9-10H2,1-4H3/t11-,12+,16+/m1/s1. The third-order valence-electron chi connectivity index (χ3n) is 5.89. The van der Waals surface area contributed by atoms with Crippen LogP contribution in [0.1, 0.15) is 39.7 Å². The van der Waals surface area contributed by atoms with E-state index in [2.05, 4.69) is 18.7 Å². The molecule has 1 spiro atoms. The second kappa shape index (κ2) is 5.62. The summed E-state index contributed by atoms with van der Waals surface area (Å²) in [4.78, 5) is 28.5. The summed E-state index contributed by atoms with van der Waals surface area (Å²) in [5.41, 5.74) is 0.619. The molecule has 3 aliphatic rings. The lowest BCUT2D eigenvalue weighted by Crippen LogP contribution is -2.69. The van der Waals surface area contributed by atoms with Crippen molar-refractivity contribution in [3.8, 4) is 0 Å². The first-order chi connectivity index (χ1) is 12.1. The molecule has 5 nitrogen and oxygen atoms in total. The van der Waals surface area contributed by atoms with Crippen LogP contribution < -0.4 is 4.90 Å². The first kappa shape index (κ1) is 17.7. The Balaban J connectivity index is 1.90. The van der Waals surface area contributed by atoms with Crippen LogP contribution in [0.3, 0.4) is 0 Å². The minimum Gasteiger partial charge on any atom is -0.422 e. The van der Waals surface area contributed by atoms with Gasteiger partial charge in [0.1, 0.15) is 0 Å². The van der Waals surface area contributed by atoms with E-state index in [1.54, 1.807) is 19.9 Å². The highest BCUT2D eigenvalue weighted by Gasteiger charge is 2.65. The van der Waals surface area contributed by atoms with Gasteiger partial charge in [-0.2, -0.15) is 0 Å². The summed E-state index contributed by atoms with van der Waals surface area (Å²) in [6, 6.07) is 5.35. The van der Waals surface area contributed by atoms with Crippen molar-refractivity contribution in [2.45, 2.75) is 52.4 Å². The normalized spacial score (nSPS) is 31.7. The van der Waals surface area contributed by atoms with E-state index in [0.29, 0.717) is 10.9 Å². The zero-order chi connectivity index (χ0) is 18.9. The van der Waals surface area contributed by atoms with Gasteiger partial charge in [0.25, 0.3) is 5.79 Å². The van der Waals surface area contributed by atoms with Crippen LogP contribution in [0.15, 0.2) is 18.2 Å². The van der Waals surface area contributed by atoms with Gasteiger partial charge in [0.15, 0.2) is 5.41 Å². The molecule has 4 rings (SSSR count). The van der Waals surface area contributed by atoms with Crippen molar-refractivity contribution < 1.29 is 19.1 Å². The van der Waals surface area contributed by atoms with Crippen molar-refractivity contribution in [3.05, 3.63) is 28.8 Å². The zero-order valence-electron chi connectivity index (χ0n) is 15.5. The van der Waals surface area contributed by atoms with Crippen LogP contribution in [-0.4, -0.2) is 30.3 Å². The lowest BCUT2D eigenvalue weighted by Gasteiger charge is -2.56. The average molecular weight is 378 g/mol. The number of carbonyl (C=O) groups excluding carboxylic acids is 2. The fraction of sp³-hybridized carbons (Fsp3) is 0.600. The van der Waals surface area contributed by atoms with Gasteiger partial charge in [-0.15, -0.1) is 0 Å². The zero-order valence-corrected chi connectivity index (χ0v) is 16.3. The number of anilines is 1. The lowest BCUT2D eigenvalue weighted by molar-refractivity contribution is -0.254. The molecule has 0 unspecified atom stereocenters. The van der Waals surface area contributed by atoms with Crippen LogP contribution in [0.4, 0.5) is 5.69 Å². The number of rotatable bonds is 0. The number of carbonyl (C=O) groups is 2. The molecule has 2 saturated heterocycles. The maximum atomic E-state index is 13.2. The minimum atomic E-state index is -1.32. The average Bonchev–Trinajstić information content (AvgIpc) is 2.51. The summed E-state index contributed by atoms with van der Waals surface area (Å²) in [6.45, 7) is 8.25. The summed E-state index contributed by atoms with van der Waals surface area (Å²) in [6.07, 6.45) is 1.23. The van der Waals surface area contributed by atoms with Crippen molar-refractivity contribution in [3.63, 3.8) is 0 Å². The summed E-state index contributed by atoms with van der Waals surface area (Å²) in [7, 11) is 0. The Morgan fingerprint density at radius 1 is 1.15 bits per heavy atom. The predicted molar refractivity (Wildman–Crippen MR) is 97.9 cm³/mol. The monoisotopic (exact) mass is 377 g/mol. The quantitative estimate of drug-likeness (QED) is 0.511. The number of hydrogen-bond donors (Lipinski definition) is 0. The van der Waals surface area contributed by atoms with Gasteiger partial charge in [-0.1, -0.05) is 31.5 Å². The first-order valence-corrected chi connectivity index (χ1v) is 9.54.